The molecule has 1 heterocycles. The minimum absolute atomic E-state index is 0.0556. The second-order valence-electron chi connectivity index (χ2n) is 1.55. The summed E-state index contributed by atoms with van der Waals surface area (Å²) in [6.45, 7) is 1.45. The van der Waals surface area contributed by atoms with Gasteiger partial charge in [0.15, 0.2) is 6.29 Å². The van der Waals surface area contributed by atoms with E-state index in [9.17, 15) is 0 Å². The standard InChI is InChI=1S/C4H8BrO2P/c5-3(8)4-6-1-2-7-4/h3-4H,1-2,8H2. The molecule has 1 aliphatic rings. The lowest BCUT2D eigenvalue weighted by atomic mass is 10.8. The summed E-state index contributed by atoms with van der Waals surface area (Å²) in [5.41, 5.74) is 0. The molecule has 0 saturated carbocycles. The van der Waals surface area contributed by atoms with Crippen LogP contribution in [0.3, 0.4) is 0 Å². The molecule has 48 valence electrons. The third-order valence-corrected chi connectivity index (χ3v) is 1.65. The molecular weight excluding hydrogens is 191 g/mol. The number of ether oxygens (including phenoxy) is 2. The maximum Gasteiger partial charge on any atom is 0.173 e. The molecule has 0 aromatic carbocycles. The van der Waals surface area contributed by atoms with Crippen molar-refractivity contribution >= 4 is 25.2 Å². The van der Waals surface area contributed by atoms with Crippen LogP contribution in [0.15, 0.2) is 0 Å². The Labute approximate surface area is 59.3 Å². The summed E-state index contributed by atoms with van der Waals surface area (Å²) in [6.07, 6.45) is -0.0556. The molecule has 0 N–H and O–H groups in total. The molecule has 4 heteroatoms. The van der Waals surface area contributed by atoms with E-state index in [1.807, 2.05) is 0 Å². The van der Waals surface area contributed by atoms with Gasteiger partial charge < -0.3 is 9.47 Å². The third kappa shape index (κ3) is 1.66. The minimum atomic E-state index is -0.0556. The Hall–Kier alpha value is 0.830. The first-order chi connectivity index (χ1) is 3.80. The molecular formula is C4H8BrO2P. The van der Waals surface area contributed by atoms with E-state index >= 15 is 0 Å². The summed E-state index contributed by atoms with van der Waals surface area (Å²) in [4.78, 5) is 0. The molecule has 1 fully saturated rings. The van der Waals surface area contributed by atoms with Gasteiger partial charge in [0.1, 0.15) is 0 Å². The van der Waals surface area contributed by atoms with Crippen molar-refractivity contribution < 1.29 is 9.47 Å². The number of rotatable bonds is 1. The molecule has 2 atom stereocenters. The first-order valence-electron chi connectivity index (χ1n) is 2.43. The van der Waals surface area contributed by atoms with Gasteiger partial charge >= 0.3 is 0 Å². The molecule has 0 amide bonds. The van der Waals surface area contributed by atoms with Crippen molar-refractivity contribution in [1.82, 2.24) is 0 Å². The highest BCUT2D eigenvalue weighted by molar-refractivity contribution is 9.10. The number of hydrogen-bond acceptors (Lipinski definition) is 2. The molecule has 2 nitrogen and oxygen atoms in total. The lowest BCUT2D eigenvalue weighted by Gasteiger charge is -2.09. The minimum Gasteiger partial charge on any atom is -0.349 e. The summed E-state index contributed by atoms with van der Waals surface area (Å²) in [7, 11) is 2.57. The van der Waals surface area contributed by atoms with Crippen LogP contribution in [0.1, 0.15) is 0 Å². The lowest BCUT2D eigenvalue weighted by Crippen LogP contribution is -2.14. The van der Waals surface area contributed by atoms with Crippen LogP contribution in [0.25, 0.3) is 0 Å². The van der Waals surface area contributed by atoms with E-state index in [1.54, 1.807) is 0 Å². The zero-order valence-electron chi connectivity index (χ0n) is 4.34. The highest BCUT2D eigenvalue weighted by atomic mass is 79.9. The Balaban J connectivity index is 2.24. The Morgan fingerprint density at radius 2 is 2.00 bits per heavy atom. The van der Waals surface area contributed by atoms with Gasteiger partial charge in [0.25, 0.3) is 0 Å². The van der Waals surface area contributed by atoms with Gasteiger partial charge in [-0.05, 0) is 0 Å². The highest BCUT2D eigenvalue weighted by Gasteiger charge is 2.20. The Bertz CT molecular complexity index is 72.4. The van der Waals surface area contributed by atoms with Crippen molar-refractivity contribution in [3.8, 4) is 0 Å². The van der Waals surface area contributed by atoms with Gasteiger partial charge in [0, 0.05) is 0 Å². The van der Waals surface area contributed by atoms with E-state index < -0.39 is 0 Å². The average molecular weight is 199 g/mol. The van der Waals surface area contributed by atoms with Crippen LogP contribution in [0.4, 0.5) is 0 Å². The van der Waals surface area contributed by atoms with Crippen molar-refractivity contribution in [2.45, 2.75) is 10.9 Å². The van der Waals surface area contributed by atoms with Crippen LogP contribution >= 0.6 is 25.2 Å². The molecule has 1 aliphatic heterocycles. The first kappa shape index (κ1) is 6.94. The van der Waals surface area contributed by atoms with Gasteiger partial charge in [0.05, 0.1) is 17.8 Å². The number of alkyl halides is 1. The molecule has 1 saturated heterocycles. The average Bonchev–Trinajstić information content (AvgIpc) is 2.12. The van der Waals surface area contributed by atoms with Gasteiger partial charge in [-0.3, -0.25) is 0 Å². The summed E-state index contributed by atoms with van der Waals surface area (Å²) < 4.78 is 10.5. The fraction of sp³-hybridized carbons (Fsp3) is 1.00. The SMILES string of the molecule is PC(Br)C1OCCO1. The highest BCUT2D eigenvalue weighted by Crippen LogP contribution is 2.20. The topological polar surface area (TPSA) is 18.5 Å². The predicted molar refractivity (Wildman–Crippen MR) is 38.1 cm³/mol. The van der Waals surface area contributed by atoms with E-state index in [-0.39, 0.29) is 10.9 Å². The normalized spacial score (nSPS) is 26.2. The Morgan fingerprint density at radius 3 is 2.25 bits per heavy atom. The number of halogens is 1. The van der Waals surface area contributed by atoms with Crippen LogP contribution in [0.2, 0.25) is 0 Å². The first-order valence-corrected chi connectivity index (χ1v) is 4.02. The van der Waals surface area contributed by atoms with Gasteiger partial charge in [-0.1, -0.05) is 15.9 Å². The maximum atomic E-state index is 5.12. The van der Waals surface area contributed by atoms with E-state index in [1.165, 1.54) is 0 Å². The van der Waals surface area contributed by atoms with Crippen molar-refractivity contribution in [2.75, 3.05) is 13.2 Å². The molecule has 0 aromatic heterocycles. The third-order valence-electron chi connectivity index (χ3n) is 0.908. The fourth-order valence-corrected chi connectivity index (χ4v) is 1.09. The lowest BCUT2D eigenvalue weighted by molar-refractivity contribution is -0.0265. The van der Waals surface area contributed by atoms with E-state index in [0.717, 1.165) is 13.2 Å². The molecule has 2 unspecified atom stereocenters. The van der Waals surface area contributed by atoms with Gasteiger partial charge in [-0.2, -0.15) is 0 Å². The van der Waals surface area contributed by atoms with Crippen LogP contribution < -0.4 is 0 Å². The van der Waals surface area contributed by atoms with Crippen LogP contribution in [0.5, 0.6) is 0 Å². The molecule has 0 spiro atoms. The maximum absolute atomic E-state index is 5.12. The molecule has 0 aliphatic carbocycles. The van der Waals surface area contributed by atoms with Crippen LogP contribution in [-0.2, 0) is 9.47 Å². The molecule has 1 rings (SSSR count). The second-order valence-corrected chi connectivity index (χ2v) is 4.31. The van der Waals surface area contributed by atoms with Crippen LogP contribution in [0, 0.1) is 0 Å². The molecule has 8 heavy (non-hydrogen) atoms. The fourth-order valence-electron chi connectivity index (χ4n) is 0.560. The van der Waals surface area contributed by atoms with Crippen molar-refractivity contribution in [1.29, 1.82) is 0 Å². The summed E-state index contributed by atoms with van der Waals surface area (Å²) in [5, 5.41) is 0. The smallest absolute Gasteiger partial charge is 0.173 e. The Kier molecular flexibility index (Phi) is 2.70. The molecule has 0 bridgehead atoms. The quantitative estimate of drug-likeness (QED) is 0.462. The zero-order valence-corrected chi connectivity index (χ0v) is 7.08. The summed E-state index contributed by atoms with van der Waals surface area (Å²) in [6, 6.07) is 0. The summed E-state index contributed by atoms with van der Waals surface area (Å²) >= 11 is 3.31. The van der Waals surface area contributed by atoms with E-state index in [0.29, 0.717) is 0 Å². The van der Waals surface area contributed by atoms with E-state index in [4.69, 9.17) is 9.47 Å². The van der Waals surface area contributed by atoms with Gasteiger partial charge in [-0.25, -0.2) is 0 Å². The monoisotopic (exact) mass is 198 g/mol. The molecule has 0 radical (unpaired) electrons. The largest absolute Gasteiger partial charge is 0.349 e. The van der Waals surface area contributed by atoms with Crippen molar-refractivity contribution in [3.05, 3.63) is 0 Å². The Morgan fingerprint density at radius 1 is 1.50 bits per heavy atom. The van der Waals surface area contributed by atoms with Gasteiger partial charge in [-0.15, -0.1) is 9.24 Å². The zero-order chi connectivity index (χ0) is 5.98. The van der Waals surface area contributed by atoms with E-state index in [2.05, 4.69) is 25.2 Å². The van der Waals surface area contributed by atoms with Gasteiger partial charge in [0.2, 0.25) is 0 Å². The second kappa shape index (κ2) is 3.11. The van der Waals surface area contributed by atoms with Crippen molar-refractivity contribution in [3.63, 3.8) is 0 Å². The molecule has 0 aromatic rings. The summed E-state index contributed by atoms with van der Waals surface area (Å²) in [5.74, 6) is 0. The van der Waals surface area contributed by atoms with Crippen LogP contribution in [-0.4, -0.2) is 24.1 Å². The predicted octanol–water partition coefficient (Wildman–Crippen LogP) is 0.955. The number of hydrogen-bond donors (Lipinski definition) is 0. The van der Waals surface area contributed by atoms with Crippen molar-refractivity contribution in [2.24, 2.45) is 0 Å².